The summed E-state index contributed by atoms with van der Waals surface area (Å²) < 4.78 is 0. The molecule has 0 unspecified atom stereocenters. The summed E-state index contributed by atoms with van der Waals surface area (Å²) in [6.07, 6.45) is 0. The van der Waals surface area contributed by atoms with E-state index in [9.17, 15) is 0 Å². The molecular formula is CoN9. The van der Waals surface area contributed by atoms with Crippen LogP contribution in [-0.4, -0.2) is 0 Å². The van der Waals surface area contributed by atoms with E-state index in [0.29, 0.717) is 0 Å². The third-order valence-electron chi connectivity index (χ3n) is 0. The molecule has 0 N–H and O–H groups in total. The molecule has 0 radical (unpaired) electrons. The molecule has 0 aromatic carbocycles. The molecule has 0 aliphatic heterocycles. The number of rotatable bonds is 0. The van der Waals surface area contributed by atoms with Gasteiger partial charge in [0.2, 0.25) is 0 Å². The van der Waals surface area contributed by atoms with Crippen molar-refractivity contribution in [1.29, 1.82) is 0 Å². The molecule has 0 aromatic rings. The van der Waals surface area contributed by atoms with Crippen LogP contribution in [0.1, 0.15) is 0 Å². The average Bonchev–Trinajstić information content (AvgIpc) is 1.70. The van der Waals surface area contributed by atoms with Gasteiger partial charge in [-0.25, -0.2) is 0 Å². The molecule has 0 fully saturated rings. The van der Waals surface area contributed by atoms with Gasteiger partial charge in [-0.3, -0.25) is 14.7 Å². The maximum Gasteiger partial charge on any atom is 3.00 e. The summed E-state index contributed by atoms with van der Waals surface area (Å²) in [7, 11) is 0. The molecule has 0 saturated carbocycles. The molecule has 9 nitrogen and oxygen atoms in total. The fourth-order valence-corrected chi connectivity index (χ4v) is 0. The Labute approximate surface area is 65.5 Å². The first-order chi connectivity index (χ1) is 4.24. The Balaban J connectivity index is -0.0000000257. The summed E-state index contributed by atoms with van der Waals surface area (Å²) in [4.78, 5) is 4.50. The molecule has 0 aliphatic rings. The van der Waals surface area contributed by atoms with Gasteiger partial charge in [0.25, 0.3) is 0 Å². The van der Waals surface area contributed by atoms with E-state index in [-0.39, 0.29) is 16.8 Å². The fraction of sp³-hybridized carbons (Fsp3) is 0. The van der Waals surface area contributed by atoms with E-state index in [2.05, 4.69) is 0 Å². The Morgan fingerprint density at radius 3 is 0.500 bits per heavy atom. The number of nitrogens with zero attached hydrogens (tertiary/aromatic N) is 9. The van der Waals surface area contributed by atoms with Crippen molar-refractivity contribution in [2.24, 2.45) is 0 Å². The van der Waals surface area contributed by atoms with Gasteiger partial charge in [-0.2, -0.15) is 0 Å². The van der Waals surface area contributed by atoms with Crippen LogP contribution in [-0.2, 0) is 16.8 Å². The first kappa shape index (κ1) is 23.7. The predicted molar refractivity (Wildman–Crippen MR) is 30.2 cm³/mol. The van der Waals surface area contributed by atoms with Crippen molar-refractivity contribution in [2.45, 2.75) is 0 Å². The maximum atomic E-state index is 6.75. The van der Waals surface area contributed by atoms with Crippen LogP contribution in [0.5, 0.6) is 0 Å². The molecule has 0 aliphatic carbocycles. The first-order valence-electron chi connectivity index (χ1n) is 1.20. The number of hydrogen-bond donors (Lipinski definition) is 0. The molecular weight excluding hydrogens is 185 g/mol. The standard InChI is InChI=1S/Co.3N3/c;3*1-3-2/q+3;3*-1. The van der Waals surface area contributed by atoms with Crippen molar-refractivity contribution < 1.29 is 16.8 Å². The second-order valence-corrected chi connectivity index (χ2v) is 0.268. The minimum absolute atomic E-state index is 0. The maximum absolute atomic E-state index is 6.75. The first-order valence-corrected chi connectivity index (χ1v) is 1.20. The SMILES string of the molecule is [Co+3].[N-]=[N+]=[N-].[N-]=[N+]=[N-].[N-]=[N+]=[N-]. The van der Waals surface area contributed by atoms with Crippen molar-refractivity contribution in [2.75, 3.05) is 0 Å². The van der Waals surface area contributed by atoms with E-state index in [1.807, 2.05) is 0 Å². The molecule has 54 valence electrons. The summed E-state index contributed by atoms with van der Waals surface area (Å²) in [5.41, 5.74) is 40.5. The van der Waals surface area contributed by atoms with Gasteiger partial charge in [0.1, 0.15) is 0 Å². The van der Waals surface area contributed by atoms with Gasteiger partial charge in [0, 0.05) is 0 Å². The predicted octanol–water partition coefficient (Wildman–Crippen LogP) is 2.60. The summed E-state index contributed by atoms with van der Waals surface area (Å²) in [6.45, 7) is 0. The Morgan fingerprint density at radius 1 is 0.500 bits per heavy atom. The van der Waals surface area contributed by atoms with Crippen molar-refractivity contribution in [3.63, 3.8) is 0 Å². The summed E-state index contributed by atoms with van der Waals surface area (Å²) in [6, 6.07) is 0. The normalized spacial score (nSPS) is 2.40. The van der Waals surface area contributed by atoms with Crippen LogP contribution in [0.25, 0.3) is 47.9 Å². The van der Waals surface area contributed by atoms with Gasteiger partial charge in [-0.1, -0.05) is 0 Å². The molecule has 0 heterocycles. The van der Waals surface area contributed by atoms with Gasteiger partial charge in [0.05, 0.1) is 0 Å². The Bertz CT molecular complexity index is 96.3. The van der Waals surface area contributed by atoms with Crippen LogP contribution in [0.3, 0.4) is 0 Å². The van der Waals surface area contributed by atoms with Crippen LogP contribution >= 0.6 is 0 Å². The van der Waals surface area contributed by atoms with E-state index in [4.69, 9.17) is 33.2 Å². The molecule has 10 heavy (non-hydrogen) atoms. The third-order valence-corrected chi connectivity index (χ3v) is 0. The average molecular weight is 185 g/mol. The van der Waals surface area contributed by atoms with Crippen molar-refractivity contribution >= 4 is 0 Å². The van der Waals surface area contributed by atoms with Crippen molar-refractivity contribution in [1.82, 2.24) is 0 Å². The molecule has 0 atom stereocenters. The van der Waals surface area contributed by atoms with Crippen LogP contribution in [0.4, 0.5) is 0 Å². The van der Waals surface area contributed by atoms with E-state index < -0.39 is 0 Å². The van der Waals surface area contributed by atoms with E-state index in [1.165, 1.54) is 14.7 Å². The van der Waals surface area contributed by atoms with Crippen molar-refractivity contribution in [3.8, 4) is 0 Å². The van der Waals surface area contributed by atoms with Crippen LogP contribution in [0.15, 0.2) is 0 Å². The molecule has 0 amide bonds. The van der Waals surface area contributed by atoms with E-state index >= 15 is 0 Å². The van der Waals surface area contributed by atoms with Gasteiger partial charge in [-0.05, 0) is 0 Å². The van der Waals surface area contributed by atoms with E-state index in [0.717, 1.165) is 0 Å². The van der Waals surface area contributed by atoms with Gasteiger partial charge in [-0.15, -0.1) is 0 Å². The van der Waals surface area contributed by atoms with Gasteiger partial charge in [0.15, 0.2) is 0 Å². The molecule has 10 heteroatoms. The number of hydrogen-bond acceptors (Lipinski definition) is 0. The van der Waals surface area contributed by atoms with E-state index in [1.54, 1.807) is 0 Å². The van der Waals surface area contributed by atoms with Crippen LogP contribution < -0.4 is 0 Å². The minimum atomic E-state index is 0. The zero-order valence-corrected chi connectivity index (χ0v) is 5.40. The Morgan fingerprint density at radius 2 is 0.500 bits per heavy atom. The monoisotopic (exact) mass is 185 g/mol. The Hall–Kier alpha value is -1.56. The summed E-state index contributed by atoms with van der Waals surface area (Å²) >= 11 is 0. The minimum Gasteiger partial charge on any atom is -0.373 e. The largest absolute Gasteiger partial charge is 3.00 e. The smallest absolute Gasteiger partial charge is 0.373 e. The second kappa shape index (κ2) is 149. The van der Waals surface area contributed by atoms with Gasteiger partial charge >= 0.3 is 16.8 Å². The Kier molecular flexibility index (Phi) is 354. The third kappa shape index (κ3) is 77.8. The molecule has 0 spiro atoms. The zero-order chi connectivity index (χ0) is 8.12. The second-order valence-electron chi connectivity index (χ2n) is 0.268. The van der Waals surface area contributed by atoms with Gasteiger partial charge < -0.3 is 33.2 Å². The molecule has 0 bridgehead atoms. The topological polar surface area (TPSA) is 176 Å². The zero-order valence-electron chi connectivity index (χ0n) is 4.36. The molecule has 0 rings (SSSR count). The molecule has 0 saturated heterocycles. The van der Waals surface area contributed by atoms with Crippen molar-refractivity contribution in [3.05, 3.63) is 47.9 Å². The summed E-state index contributed by atoms with van der Waals surface area (Å²) in [5, 5.41) is 0. The fourth-order valence-electron chi connectivity index (χ4n) is 0. The molecule has 0 aromatic heterocycles. The van der Waals surface area contributed by atoms with Crippen LogP contribution in [0.2, 0.25) is 0 Å². The van der Waals surface area contributed by atoms with Crippen LogP contribution in [0, 0.1) is 0 Å². The quantitative estimate of drug-likeness (QED) is 0.306. The summed E-state index contributed by atoms with van der Waals surface area (Å²) in [5.74, 6) is 0.